The monoisotopic (exact) mass is 218 g/mol. The standard InChI is InChI=1S/C12H14N2S/c1-12(2,3)10-8-9(4-5-13-10)11-14-6-7-15-11/h4-8H,1-3H3. The van der Waals surface area contributed by atoms with Crippen molar-refractivity contribution in [2.45, 2.75) is 26.2 Å². The van der Waals surface area contributed by atoms with E-state index in [4.69, 9.17) is 0 Å². The Kier molecular flexibility index (Phi) is 2.57. The maximum Gasteiger partial charge on any atom is 0.123 e. The zero-order valence-corrected chi connectivity index (χ0v) is 10.0. The highest BCUT2D eigenvalue weighted by Crippen LogP contribution is 2.26. The Morgan fingerprint density at radius 1 is 1.13 bits per heavy atom. The third-order valence-corrected chi connectivity index (χ3v) is 3.03. The van der Waals surface area contributed by atoms with E-state index in [-0.39, 0.29) is 5.41 Å². The number of rotatable bonds is 1. The summed E-state index contributed by atoms with van der Waals surface area (Å²) in [7, 11) is 0. The second-order valence-electron chi connectivity index (χ2n) is 4.52. The first-order valence-electron chi connectivity index (χ1n) is 4.94. The second-order valence-corrected chi connectivity index (χ2v) is 5.41. The summed E-state index contributed by atoms with van der Waals surface area (Å²) in [5.41, 5.74) is 2.35. The quantitative estimate of drug-likeness (QED) is 0.732. The van der Waals surface area contributed by atoms with Gasteiger partial charge in [-0.1, -0.05) is 20.8 Å². The lowest BCUT2D eigenvalue weighted by Gasteiger charge is -2.17. The lowest BCUT2D eigenvalue weighted by atomic mass is 9.91. The summed E-state index contributed by atoms with van der Waals surface area (Å²) >= 11 is 1.66. The summed E-state index contributed by atoms with van der Waals surface area (Å²) < 4.78 is 0. The summed E-state index contributed by atoms with van der Waals surface area (Å²) in [6.07, 6.45) is 3.69. The van der Waals surface area contributed by atoms with Crippen LogP contribution in [0.4, 0.5) is 0 Å². The Hall–Kier alpha value is -1.22. The van der Waals surface area contributed by atoms with E-state index in [0.717, 1.165) is 16.3 Å². The minimum Gasteiger partial charge on any atom is -0.261 e. The highest BCUT2D eigenvalue weighted by atomic mass is 32.1. The average Bonchev–Trinajstić information content (AvgIpc) is 2.69. The Morgan fingerprint density at radius 2 is 1.93 bits per heavy atom. The smallest absolute Gasteiger partial charge is 0.123 e. The predicted octanol–water partition coefficient (Wildman–Crippen LogP) is 3.50. The van der Waals surface area contributed by atoms with Gasteiger partial charge < -0.3 is 0 Å². The van der Waals surface area contributed by atoms with E-state index in [0.29, 0.717) is 0 Å². The first-order valence-corrected chi connectivity index (χ1v) is 5.82. The number of nitrogens with zero attached hydrogens (tertiary/aromatic N) is 2. The summed E-state index contributed by atoms with van der Waals surface area (Å²) in [6, 6.07) is 4.13. The first-order chi connectivity index (χ1) is 7.07. The van der Waals surface area contributed by atoms with Crippen LogP contribution in [0, 0.1) is 0 Å². The molecule has 0 aromatic carbocycles. The fourth-order valence-electron chi connectivity index (χ4n) is 1.34. The molecule has 0 saturated heterocycles. The van der Waals surface area contributed by atoms with Gasteiger partial charge in [0.2, 0.25) is 0 Å². The Bertz CT molecular complexity index is 441. The molecular weight excluding hydrogens is 204 g/mol. The topological polar surface area (TPSA) is 25.8 Å². The predicted molar refractivity (Wildman–Crippen MR) is 64.0 cm³/mol. The summed E-state index contributed by atoms with van der Waals surface area (Å²) in [5.74, 6) is 0. The first kappa shape index (κ1) is 10.3. The van der Waals surface area contributed by atoms with Gasteiger partial charge in [-0.15, -0.1) is 11.3 Å². The Morgan fingerprint density at radius 3 is 2.53 bits per heavy atom. The van der Waals surface area contributed by atoms with E-state index in [2.05, 4.69) is 36.8 Å². The van der Waals surface area contributed by atoms with Gasteiger partial charge in [-0.3, -0.25) is 4.98 Å². The zero-order chi connectivity index (χ0) is 10.9. The van der Waals surface area contributed by atoms with Crippen molar-refractivity contribution in [2.75, 3.05) is 0 Å². The molecule has 0 aliphatic rings. The van der Waals surface area contributed by atoms with E-state index < -0.39 is 0 Å². The summed E-state index contributed by atoms with van der Waals surface area (Å²) in [6.45, 7) is 6.50. The highest BCUT2D eigenvalue weighted by molar-refractivity contribution is 7.13. The molecule has 2 rings (SSSR count). The molecule has 0 aliphatic heterocycles. The Balaban J connectivity index is 2.44. The Labute approximate surface area is 94.0 Å². The minimum atomic E-state index is 0.0905. The van der Waals surface area contributed by atoms with Crippen molar-refractivity contribution in [3.8, 4) is 10.6 Å². The molecule has 0 bridgehead atoms. The number of aromatic nitrogens is 2. The molecule has 3 heteroatoms. The van der Waals surface area contributed by atoms with Crippen molar-refractivity contribution in [3.05, 3.63) is 35.6 Å². The molecule has 0 fully saturated rings. The molecule has 0 aliphatic carbocycles. The fourth-order valence-corrected chi connectivity index (χ4v) is 1.98. The SMILES string of the molecule is CC(C)(C)c1cc(-c2nccs2)ccn1. The third-order valence-electron chi connectivity index (χ3n) is 2.21. The van der Waals surface area contributed by atoms with Gasteiger partial charge in [0.25, 0.3) is 0 Å². The van der Waals surface area contributed by atoms with Crippen LogP contribution < -0.4 is 0 Å². The van der Waals surface area contributed by atoms with Gasteiger partial charge in [0, 0.05) is 34.4 Å². The van der Waals surface area contributed by atoms with Crippen LogP contribution in [0.25, 0.3) is 10.6 Å². The number of thiazole rings is 1. The van der Waals surface area contributed by atoms with Crippen LogP contribution in [-0.4, -0.2) is 9.97 Å². The molecule has 0 unspecified atom stereocenters. The molecular formula is C12H14N2S. The van der Waals surface area contributed by atoms with Crippen LogP contribution in [-0.2, 0) is 5.41 Å². The van der Waals surface area contributed by atoms with Gasteiger partial charge in [-0.25, -0.2) is 4.98 Å². The van der Waals surface area contributed by atoms with Crippen LogP contribution in [0.5, 0.6) is 0 Å². The molecule has 2 heterocycles. The normalized spacial score (nSPS) is 11.7. The second kappa shape index (κ2) is 3.74. The van der Waals surface area contributed by atoms with E-state index in [1.807, 2.05) is 23.8 Å². The number of hydrogen-bond acceptors (Lipinski definition) is 3. The lowest BCUT2D eigenvalue weighted by Crippen LogP contribution is -2.13. The van der Waals surface area contributed by atoms with Crippen LogP contribution in [0.2, 0.25) is 0 Å². The van der Waals surface area contributed by atoms with E-state index in [1.165, 1.54) is 0 Å². The number of pyridine rings is 1. The number of hydrogen-bond donors (Lipinski definition) is 0. The molecule has 0 radical (unpaired) electrons. The van der Waals surface area contributed by atoms with Crippen LogP contribution >= 0.6 is 11.3 Å². The third kappa shape index (κ3) is 2.23. The maximum absolute atomic E-state index is 4.40. The van der Waals surface area contributed by atoms with Gasteiger partial charge >= 0.3 is 0 Å². The minimum absolute atomic E-state index is 0.0905. The van der Waals surface area contributed by atoms with Crippen molar-refractivity contribution >= 4 is 11.3 Å². The summed E-state index contributed by atoms with van der Waals surface area (Å²) in [4.78, 5) is 8.70. The van der Waals surface area contributed by atoms with Crippen molar-refractivity contribution in [1.82, 2.24) is 9.97 Å². The molecule has 0 N–H and O–H groups in total. The molecule has 0 amide bonds. The molecule has 0 atom stereocenters. The molecule has 0 saturated carbocycles. The van der Waals surface area contributed by atoms with Crippen LogP contribution in [0.3, 0.4) is 0 Å². The molecule has 78 valence electrons. The van der Waals surface area contributed by atoms with Crippen molar-refractivity contribution in [2.24, 2.45) is 0 Å². The van der Waals surface area contributed by atoms with Crippen molar-refractivity contribution < 1.29 is 0 Å². The highest BCUT2D eigenvalue weighted by Gasteiger charge is 2.16. The van der Waals surface area contributed by atoms with E-state index >= 15 is 0 Å². The largest absolute Gasteiger partial charge is 0.261 e. The van der Waals surface area contributed by atoms with Crippen molar-refractivity contribution in [1.29, 1.82) is 0 Å². The average molecular weight is 218 g/mol. The molecule has 0 spiro atoms. The molecule has 15 heavy (non-hydrogen) atoms. The van der Waals surface area contributed by atoms with Gasteiger partial charge in [0.1, 0.15) is 5.01 Å². The molecule has 2 aromatic rings. The van der Waals surface area contributed by atoms with Gasteiger partial charge in [0.05, 0.1) is 0 Å². The van der Waals surface area contributed by atoms with E-state index in [1.54, 1.807) is 11.3 Å². The molecule has 2 nitrogen and oxygen atoms in total. The fraction of sp³-hybridized carbons (Fsp3) is 0.333. The van der Waals surface area contributed by atoms with Gasteiger partial charge in [-0.05, 0) is 12.1 Å². The van der Waals surface area contributed by atoms with Crippen molar-refractivity contribution in [3.63, 3.8) is 0 Å². The summed E-state index contributed by atoms with van der Waals surface area (Å²) in [5, 5.41) is 3.05. The van der Waals surface area contributed by atoms with Crippen LogP contribution in [0.1, 0.15) is 26.5 Å². The van der Waals surface area contributed by atoms with E-state index in [9.17, 15) is 0 Å². The lowest BCUT2D eigenvalue weighted by molar-refractivity contribution is 0.569. The van der Waals surface area contributed by atoms with Crippen LogP contribution in [0.15, 0.2) is 29.9 Å². The zero-order valence-electron chi connectivity index (χ0n) is 9.19. The van der Waals surface area contributed by atoms with Gasteiger partial charge in [0.15, 0.2) is 0 Å². The molecule has 2 aromatic heterocycles. The maximum atomic E-state index is 4.40. The van der Waals surface area contributed by atoms with Gasteiger partial charge in [-0.2, -0.15) is 0 Å².